The molecule has 0 fully saturated rings. The fourth-order valence-corrected chi connectivity index (χ4v) is 1.06. The minimum atomic E-state index is -2.59. The van der Waals surface area contributed by atoms with Gasteiger partial charge in [0.25, 0.3) is 12.3 Å². The Morgan fingerprint density at radius 2 is 2.40 bits per heavy atom. The summed E-state index contributed by atoms with van der Waals surface area (Å²) in [6.45, 7) is -0.463. The number of carbonyl (C=O) groups is 1. The molecule has 1 rings (SSSR count). The van der Waals surface area contributed by atoms with Crippen LogP contribution in [0.15, 0.2) is 6.20 Å². The second-order valence-corrected chi connectivity index (χ2v) is 2.79. The van der Waals surface area contributed by atoms with Crippen LogP contribution < -0.4 is 5.73 Å². The Morgan fingerprint density at radius 3 is 2.87 bits per heavy atom. The van der Waals surface area contributed by atoms with Crippen molar-refractivity contribution >= 4 is 5.91 Å². The highest BCUT2D eigenvalue weighted by Gasteiger charge is 2.20. The smallest absolute Gasteiger partial charge is 0.276 e. The molecular weight excluding hydrogens is 208 g/mol. The number of nitrogens with two attached hydrogens (primary N) is 1. The number of aromatic nitrogens is 3. The molecule has 6 nitrogen and oxygen atoms in total. The largest absolute Gasteiger partial charge is 0.330 e. The number of carbonyl (C=O) groups excluding carboxylic acids is 1. The minimum absolute atomic E-state index is 0.00380. The van der Waals surface area contributed by atoms with Crippen LogP contribution in [0.4, 0.5) is 8.78 Å². The highest BCUT2D eigenvalue weighted by atomic mass is 19.3. The van der Waals surface area contributed by atoms with Crippen molar-refractivity contribution in [1.29, 1.82) is 0 Å². The molecule has 15 heavy (non-hydrogen) atoms. The molecular formula is C7H11F2N5O. The molecule has 0 radical (unpaired) electrons. The van der Waals surface area contributed by atoms with Gasteiger partial charge in [-0.25, -0.2) is 8.78 Å². The standard InChI is InChI=1S/C7H11F2N5O/c8-6(9)4-14(2-1-10)7(15)5-3-11-13-12-5/h3,6H,1-2,4,10H2,(H,11,12,13). The van der Waals surface area contributed by atoms with Gasteiger partial charge < -0.3 is 10.6 Å². The summed E-state index contributed by atoms with van der Waals surface area (Å²) in [5, 5.41) is 9.17. The van der Waals surface area contributed by atoms with Gasteiger partial charge in [-0.15, -0.1) is 0 Å². The van der Waals surface area contributed by atoms with E-state index in [-0.39, 0.29) is 18.8 Å². The van der Waals surface area contributed by atoms with Crippen LogP contribution in [-0.2, 0) is 0 Å². The Kier molecular flexibility index (Phi) is 4.10. The van der Waals surface area contributed by atoms with Crippen molar-refractivity contribution in [2.24, 2.45) is 5.73 Å². The van der Waals surface area contributed by atoms with Crippen LogP contribution in [0.3, 0.4) is 0 Å². The van der Waals surface area contributed by atoms with Crippen molar-refractivity contribution in [1.82, 2.24) is 20.3 Å². The van der Waals surface area contributed by atoms with Crippen molar-refractivity contribution < 1.29 is 13.6 Å². The molecule has 0 bridgehead atoms. The minimum Gasteiger partial charge on any atom is -0.330 e. The topological polar surface area (TPSA) is 87.9 Å². The lowest BCUT2D eigenvalue weighted by molar-refractivity contribution is 0.0558. The van der Waals surface area contributed by atoms with Gasteiger partial charge in [0.1, 0.15) is 0 Å². The number of hydrogen-bond acceptors (Lipinski definition) is 4. The zero-order valence-corrected chi connectivity index (χ0v) is 7.86. The number of hydrogen-bond donors (Lipinski definition) is 2. The molecule has 1 aromatic heterocycles. The van der Waals surface area contributed by atoms with E-state index in [2.05, 4.69) is 15.4 Å². The summed E-state index contributed by atoms with van der Waals surface area (Å²) in [6, 6.07) is 0. The summed E-state index contributed by atoms with van der Waals surface area (Å²) in [6.07, 6.45) is -1.41. The van der Waals surface area contributed by atoms with Gasteiger partial charge in [0.05, 0.1) is 12.7 Å². The van der Waals surface area contributed by atoms with Gasteiger partial charge in [0.15, 0.2) is 5.69 Å². The molecule has 0 aliphatic carbocycles. The van der Waals surface area contributed by atoms with Gasteiger partial charge in [0.2, 0.25) is 0 Å². The maximum absolute atomic E-state index is 12.1. The van der Waals surface area contributed by atoms with E-state index in [1.54, 1.807) is 0 Å². The number of aromatic amines is 1. The molecule has 1 heterocycles. The van der Waals surface area contributed by atoms with E-state index in [0.717, 1.165) is 4.90 Å². The van der Waals surface area contributed by atoms with E-state index < -0.39 is 18.9 Å². The lowest BCUT2D eigenvalue weighted by Gasteiger charge is -2.19. The number of alkyl halides is 2. The van der Waals surface area contributed by atoms with Crippen LogP contribution in [0.5, 0.6) is 0 Å². The third-order valence-electron chi connectivity index (χ3n) is 1.68. The first-order chi connectivity index (χ1) is 7.15. The van der Waals surface area contributed by atoms with E-state index in [0.29, 0.717) is 0 Å². The third-order valence-corrected chi connectivity index (χ3v) is 1.68. The second kappa shape index (κ2) is 5.35. The van der Waals surface area contributed by atoms with E-state index in [4.69, 9.17) is 5.73 Å². The van der Waals surface area contributed by atoms with Crippen LogP contribution in [0, 0.1) is 0 Å². The number of amides is 1. The van der Waals surface area contributed by atoms with Crippen LogP contribution in [0.2, 0.25) is 0 Å². The highest BCUT2D eigenvalue weighted by molar-refractivity contribution is 5.91. The van der Waals surface area contributed by atoms with Gasteiger partial charge in [-0.05, 0) is 0 Å². The quantitative estimate of drug-likeness (QED) is 0.696. The lowest BCUT2D eigenvalue weighted by Crippen LogP contribution is -2.38. The molecule has 1 aromatic rings. The number of rotatable bonds is 5. The zero-order valence-electron chi connectivity index (χ0n) is 7.86. The predicted molar refractivity (Wildman–Crippen MR) is 47.3 cm³/mol. The number of H-pyrrole nitrogens is 1. The van der Waals surface area contributed by atoms with Crippen molar-refractivity contribution in [3.05, 3.63) is 11.9 Å². The summed E-state index contributed by atoms with van der Waals surface area (Å²) >= 11 is 0. The first-order valence-electron chi connectivity index (χ1n) is 4.28. The average Bonchev–Trinajstić information content (AvgIpc) is 2.68. The molecule has 3 N–H and O–H groups in total. The molecule has 0 unspecified atom stereocenters. The number of nitrogens with zero attached hydrogens (tertiary/aromatic N) is 3. The second-order valence-electron chi connectivity index (χ2n) is 2.79. The lowest BCUT2D eigenvalue weighted by atomic mass is 10.3. The van der Waals surface area contributed by atoms with Gasteiger partial charge in [-0.1, -0.05) is 0 Å². The maximum Gasteiger partial charge on any atom is 0.276 e. The van der Waals surface area contributed by atoms with Crippen molar-refractivity contribution in [3.8, 4) is 0 Å². The summed E-state index contributed by atoms with van der Waals surface area (Å²) in [7, 11) is 0. The van der Waals surface area contributed by atoms with E-state index in [1.165, 1.54) is 6.20 Å². The first-order valence-corrected chi connectivity index (χ1v) is 4.28. The molecule has 0 aromatic carbocycles. The van der Waals surface area contributed by atoms with Crippen LogP contribution in [-0.4, -0.2) is 52.3 Å². The van der Waals surface area contributed by atoms with Gasteiger partial charge in [0, 0.05) is 13.1 Å². The van der Waals surface area contributed by atoms with Crippen molar-refractivity contribution in [2.45, 2.75) is 6.43 Å². The van der Waals surface area contributed by atoms with Gasteiger partial charge >= 0.3 is 0 Å². The average molecular weight is 219 g/mol. The van der Waals surface area contributed by atoms with Crippen LogP contribution >= 0.6 is 0 Å². The molecule has 8 heteroatoms. The van der Waals surface area contributed by atoms with E-state index >= 15 is 0 Å². The molecule has 1 amide bonds. The molecule has 0 spiro atoms. The van der Waals surface area contributed by atoms with E-state index in [1.807, 2.05) is 0 Å². The Balaban J connectivity index is 2.67. The molecule has 0 saturated heterocycles. The molecule has 0 atom stereocenters. The van der Waals surface area contributed by atoms with Gasteiger partial charge in [-0.2, -0.15) is 15.4 Å². The van der Waals surface area contributed by atoms with Crippen molar-refractivity contribution in [2.75, 3.05) is 19.6 Å². The SMILES string of the molecule is NCCN(CC(F)F)C(=O)c1cn[nH]n1. The summed E-state index contributed by atoms with van der Waals surface area (Å²) in [5.41, 5.74) is 5.22. The Morgan fingerprint density at radius 1 is 1.67 bits per heavy atom. The number of halogens is 2. The predicted octanol–water partition coefficient (Wildman–Crippen LogP) is -0.529. The third kappa shape index (κ3) is 3.24. The Bertz CT molecular complexity index is 302. The molecule has 0 saturated carbocycles. The Labute approximate surface area is 84.4 Å². The fraction of sp³-hybridized carbons (Fsp3) is 0.571. The monoisotopic (exact) mass is 219 g/mol. The van der Waals surface area contributed by atoms with Gasteiger partial charge in [-0.3, -0.25) is 4.79 Å². The summed E-state index contributed by atoms with van der Waals surface area (Å²) in [4.78, 5) is 12.5. The van der Waals surface area contributed by atoms with Crippen LogP contribution in [0.1, 0.15) is 10.5 Å². The first kappa shape index (κ1) is 11.5. The summed E-state index contributed by atoms with van der Waals surface area (Å²) in [5.74, 6) is -0.602. The Hall–Kier alpha value is -1.57. The molecule has 84 valence electrons. The van der Waals surface area contributed by atoms with Crippen molar-refractivity contribution in [3.63, 3.8) is 0 Å². The van der Waals surface area contributed by atoms with E-state index in [9.17, 15) is 13.6 Å². The fourth-order valence-electron chi connectivity index (χ4n) is 1.06. The molecule has 0 aliphatic rings. The molecule has 0 aliphatic heterocycles. The van der Waals surface area contributed by atoms with Crippen LogP contribution in [0.25, 0.3) is 0 Å². The zero-order chi connectivity index (χ0) is 11.3. The maximum atomic E-state index is 12.1. The number of nitrogens with one attached hydrogen (secondary N) is 1. The highest BCUT2D eigenvalue weighted by Crippen LogP contribution is 2.03. The normalized spacial score (nSPS) is 10.7. The summed E-state index contributed by atoms with van der Waals surface area (Å²) < 4.78 is 24.3.